The average Bonchev–Trinajstić information content (AvgIpc) is 3.11. The highest BCUT2D eigenvalue weighted by Crippen LogP contribution is 2.33. The average molecular weight is 623 g/mol. The summed E-state index contributed by atoms with van der Waals surface area (Å²) in [6, 6.07) is 39.9. The molecule has 7 nitrogen and oxygen atoms in total. The highest BCUT2D eigenvalue weighted by Gasteiger charge is 2.48. The van der Waals surface area contributed by atoms with Gasteiger partial charge in [0.15, 0.2) is 0 Å². The monoisotopic (exact) mass is 622 g/mol. The highest BCUT2D eigenvalue weighted by atomic mass is 16.6. The number of carbonyl (C=O) groups is 1. The number of benzene rings is 4. The third kappa shape index (κ3) is 9.69. The van der Waals surface area contributed by atoms with Crippen molar-refractivity contribution in [2.24, 2.45) is 0 Å². The van der Waals surface area contributed by atoms with Crippen molar-refractivity contribution in [1.82, 2.24) is 0 Å². The van der Waals surface area contributed by atoms with Crippen LogP contribution in [0.25, 0.3) is 0 Å². The molecule has 0 spiro atoms. The zero-order valence-electron chi connectivity index (χ0n) is 26.2. The summed E-state index contributed by atoms with van der Waals surface area (Å²) in [5, 5.41) is 0. The van der Waals surface area contributed by atoms with Crippen molar-refractivity contribution in [1.29, 1.82) is 0 Å². The predicted molar refractivity (Wildman–Crippen MR) is 176 cm³/mol. The molecule has 46 heavy (non-hydrogen) atoms. The smallest absolute Gasteiger partial charge is 0.333 e. The molecule has 1 aliphatic heterocycles. The first kappa shape index (κ1) is 33.3. The molecule has 0 bridgehead atoms. The number of rotatable bonds is 16. The molecule has 1 saturated heterocycles. The van der Waals surface area contributed by atoms with Crippen molar-refractivity contribution >= 4 is 5.97 Å². The van der Waals surface area contributed by atoms with Crippen molar-refractivity contribution in [3.8, 4) is 0 Å². The minimum atomic E-state index is -0.600. The maximum Gasteiger partial charge on any atom is 0.333 e. The zero-order valence-corrected chi connectivity index (χ0v) is 26.2. The van der Waals surface area contributed by atoms with Gasteiger partial charge in [0.2, 0.25) is 0 Å². The highest BCUT2D eigenvalue weighted by molar-refractivity contribution is 5.87. The first-order valence-corrected chi connectivity index (χ1v) is 15.6. The van der Waals surface area contributed by atoms with E-state index in [1.54, 1.807) is 0 Å². The summed E-state index contributed by atoms with van der Waals surface area (Å²) in [7, 11) is 1.35. The van der Waals surface area contributed by atoms with E-state index in [-0.39, 0.29) is 18.6 Å². The normalized spacial score (nSPS) is 21.0. The fourth-order valence-corrected chi connectivity index (χ4v) is 5.52. The van der Waals surface area contributed by atoms with Gasteiger partial charge in [0.25, 0.3) is 0 Å². The number of hydrogen-bond donors (Lipinski definition) is 0. The zero-order chi connectivity index (χ0) is 32.0. The second-order valence-electron chi connectivity index (χ2n) is 11.3. The van der Waals surface area contributed by atoms with Gasteiger partial charge in [0, 0.05) is 12.0 Å². The van der Waals surface area contributed by atoms with Crippen molar-refractivity contribution in [2.75, 3.05) is 13.7 Å². The van der Waals surface area contributed by atoms with Gasteiger partial charge in [-0.2, -0.15) is 0 Å². The third-order valence-corrected chi connectivity index (χ3v) is 7.90. The van der Waals surface area contributed by atoms with Crippen LogP contribution in [0.3, 0.4) is 0 Å². The molecule has 0 amide bonds. The van der Waals surface area contributed by atoms with E-state index in [1.807, 2.05) is 121 Å². The molecule has 1 aliphatic rings. The van der Waals surface area contributed by atoms with E-state index in [4.69, 9.17) is 28.4 Å². The number of ether oxygens (including phenoxy) is 6. The van der Waals surface area contributed by atoms with Crippen molar-refractivity contribution < 1.29 is 33.2 Å². The Labute approximate surface area is 271 Å². The summed E-state index contributed by atoms with van der Waals surface area (Å²) in [6.07, 6.45) is -2.64. The van der Waals surface area contributed by atoms with Crippen LogP contribution in [-0.4, -0.2) is 50.2 Å². The van der Waals surface area contributed by atoms with Gasteiger partial charge in [0.1, 0.15) is 24.4 Å². The summed E-state index contributed by atoms with van der Waals surface area (Å²) in [5.74, 6) is -0.494. The van der Waals surface area contributed by atoms with Crippen molar-refractivity contribution in [3.63, 3.8) is 0 Å². The van der Waals surface area contributed by atoms with Gasteiger partial charge in [-0.05, 0) is 22.3 Å². The van der Waals surface area contributed by atoms with Crippen molar-refractivity contribution in [3.05, 3.63) is 156 Å². The van der Waals surface area contributed by atoms with Gasteiger partial charge in [-0.25, -0.2) is 4.79 Å². The van der Waals surface area contributed by atoms with Crippen LogP contribution >= 0.6 is 0 Å². The van der Waals surface area contributed by atoms with Crippen LogP contribution < -0.4 is 0 Å². The number of carbonyl (C=O) groups excluding carboxylic acids is 1. The lowest BCUT2D eigenvalue weighted by Gasteiger charge is -2.46. The Balaban J connectivity index is 1.46. The van der Waals surface area contributed by atoms with E-state index in [0.717, 1.165) is 22.3 Å². The fourth-order valence-electron chi connectivity index (χ4n) is 5.52. The summed E-state index contributed by atoms with van der Waals surface area (Å²) in [5.41, 5.74) is 4.39. The molecule has 4 aromatic carbocycles. The Morgan fingerprint density at radius 1 is 0.587 bits per heavy atom. The van der Waals surface area contributed by atoms with Gasteiger partial charge in [-0.15, -0.1) is 0 Å². The lowest BCUT2D eigenvalue weighted by atomic mass is 9.90. The standard InChI is InChI=1S/C39H42O7/c1-29(39(40)41-2)23-34-36(43-25-31-17-9-4-10-18-31)38(45-27-33-21-13-6-14-22-33)37(44-26-32-19-11-5-12-20-32)35(46-34)28-42-24-30-15-7-3-8-16-30/h3-22,34-38H,1,23-28H2,2H3/t34-,35-,36-,37-,38-/m1/s1. The van der Waals surface area contributed by atoms with E-state index >= 15 is 0 Å². The van der Waals surface area contributed by atoms with Crippen LogP contribution in [0.1, 0.15) is 28.7 Å². The van der Waals surface area contributed by atoms with Gasteiger partial charge in [-0.1, -0.05) is 128 Å². The quantitative estimate of drug-likeness (QED) is 0.100. The van der Waals surface area contributed by atoms with Crippen molar-refractivity contribution in [2.45, 2.75) is 63.4 Å². The second kappa shape index (κ2) is 17.5. The largest absolute Gasteiger partial charge is 0.466 e. The summed E-state index contributed by atoms with van der Waals surface area (Å²) in [4.78, 5) is 12.5. The van der Waals surface area contributed by atoms with Gasteiger partial charge >= 0.3 is 5.97 Å². The molecule has 0 aromatic heterocycles. The number of esters is 1. The lowest BCUT2D eigenvalue weighted by molar-refractivity contribution is -0.272. The first-order chi connectivity index (χ1) is 22.6. The van der Waals surface area contributed by atoms with Gasteiger partial charge in [0.05, 0.1) is 46.2 Å². The van der Waals surface area contributed by atoms with Gasteiger partial charge in [-0.3, -0.25) is 0 Å². The molecule has 5 atom stereocenters. The predicted octanol–water partition coefficient (Wildman–Crippen LogP) is 6.85. The van der Waals surface area contributed by atoms with E-state index in [1.165, 1.54) is 7.11 Å². The van der Waals surface area contributed by atoms with E-state index in [9.17, 15) is 4.79 Å². The Hall–Kier alpha value is -4.11. The SMILES string of the molecule is C=C(C[C@H]1O[C@H](COCc2ccccc2)[C@@H](OCc2ccccc2)[C@H](OCc2ccccc2)[C@@H]1OCc1ccccc1)C(=O)OC. The minimum absolute atomic E-state index is 0.192. The Kier molecular flexibility index (Phi) is 12.7. The Bertz CT molecular complexity index is 1460. The molecular weight excluding hydrogens is 580 g/mol. The van der Waals surface area contributed by atoms with Crippen LogP contribution in [0, 0.1) is 0 Å². The molecule has 5 rings (SSSR count). The Morgan fingerprint density at radius 3 is 1.41 bits per heavy atom. The lowest BCUT2D eigenvalue weighted by Crippen LogP contribution is -2.61. The molecule has 4 aromatic rings. The number of hydrogen-bond acceptors (Lipinski definition) is 7. The molecule has 0 N–H and O–H groups in total. The first-order valence-electron chi connectivity index (χ1n) is 15.6. The summed E-state index contributed by atoms with van der Waals surface area (Å²) < 4.78 is 38.0. The van der Waals surface area contributed by atoms with Crippen LogP contribution in [0.15, 0.2) is 133 Å². The third-order valence-electron chi connectivity index (χ3n) is 7.90. The topological polar surface area (TPSA) is 72.5 Å². The summed E-state index contributed by atoms with van der Waals surface area (Å²) in [6.45, 7) is 5.66. The molecule has 0 radical (unpaired) electrons. The van der Waals surface area contributed by atoms with Crippen LogP contribution in [-0.2, 0) is 59.6 Å². The maximum atomic E-state index is 12.5. The summed E-state index contributed by atoms with van der Waals surface area (Å²) >= 11 is 0. The maximum absolute atomic E-state index is 12.5. The van der Waals surface area contributed by atoms with Gasteiger partial charge < -0.3 is 28.4 Å². The molecular formula is C39H42O7. The molecule has 0 aliphatic carbocycles. The fraction of sp³-hybridized carbons (Fsp3) is 0.308. The molecule has 0 saturated carbocycles. The van der Waals surface area contributed by atoms with E-state index in [2.05, 4.69) is 6.58 Å². The molecule has 1 heterocycles. The molecule has 7 heteroatoms. The van der Waals surface area contributed by atoms with Crippen LogP contribution in [0.4, 0.5) is 0 Å². The number of methoxy groups -OCH3 is 1. The molecule has 1 fully saturated rings. The van der Waals surface area contributed by atoms with Crippen LogP contribution in [0.5, 0.6) is 0 Å². The second-order valence-corrected chi connectivity index (χ2v) is 11.3. The Morgan fingerprint density at radius 2 is 0.978 bits per heavy atom. The van der Waals surface area contributed by atoms with Crippen LogP contribution in [0.2, 0.25) is 0 Å². The van der Waals surface area contributed by atoms with E-state index < -0.39 is 36.5 Å². The minimum Gasteiger partial charge on any atom is -0.466 e. The molecule has 0 unspecified atom stereocenters. The molecule has 240 valence electrons. The van der Waals surface area contributed by atoms with E-state index in [0.29, 0.717) is 26.4 Å².